The standard InChI is InChI=1S/C10H6BrClFIN2S/c11-6-1-2-7(14)9(8(6)13)15-3-5-4-16-10(12)17-5/h1-2,4,15H,3H2. The molecule has 1 aromatic carbocycles. The lowest BCUT2D eigenvalue weighted by atomic mass is 10.3. The largest absolute Gasteiger partial charge is 0.377 e. The second kappa shape index (κ2) is 5.81. The van der Waals surface area contributed by atoms with E-state index in [0.717, 1.165) is 8.45 Å². The maximum atomic E-state index is 13.8. The minimum Gasteiger partial charge on any atom is -0.377 e. The number of thiazole rings is 1. The Bertz CT molecular complexity index is 549. The van der Waals surface area contributed by atoms with Crippen molar-refractivity contribution < 1.29 is 4.39 Å². The summed E-state index contributed by atoms with van der Waals surface area (Å²) >= 11 is 12.4. The molecule has 0 aliphatic heterocycles. The van der Waals surface area contributed by atoms with E-state index >= 15 is 0 Å². The van der Waals surface area contributed by atoms with Crippen LogP contribution in [-0.4, -0.2) is 4.98 Å². The van der Waals surface area contributed by atoms with Crippen LogP contribution in [0.2, 0.25) is 4.47 Å². The summed E-state index contributed by atoms with van der Waals surface area (Å²) < 4.78 is 15.6. The van der Waals surface area contributed by atoms with Gasteiger partial charge in [0.05, 0.1) is 16.7 Å². The fourth-order valence-electron chi connectivity index (χ4n) is 1.23. The van der Waals surface area contributed by atoms with Crippen LogP contribution in [-0.2, 0) is 6.54 Å². The zero-order valence-electron chi connectivity index (χ0n) is 8.31. The molecular weight excluding hydrogens is 441 g/mol. The number of hydrogen-bond donors (Lipinski definition) is 1. The second-order valence-corrected chi connectivity index (χ2v) is 6.87. The van der Waals surface area contributed by atoms with E-state index in [1.54, 1.807) is 12.3 Å². The Hall–Kier alpha value is 0.0800. The molecule has 0 amide bonds. The molecule has 17 heavy (non-hydrogen) atoms. The average Bonchev–Trinajstić information content (AvgIpc) is 2.70. The number of aromatic nitrogens is 1. The minimum absolute atomic E-state index is 0.285. The van der Waals surface area contributed by atoms with E-state index in [2.05, 4.69) is 48.8 Å². The molecule has 7 heteroatoms. The van der Waals surface area contributed by atoms with Gasteiger partial charge in [0.25, 0.3) is 0 Å². The summed E-state index contributed by atoms with van der Waals surface area (Å²) in [7, 11) is 0. The molecular formula is C10H6BrClFIN2S. The predicted molar refractivity (Wildman–Crippen MR) is 81.3 cm³/mol. The molecule has 2 aromatic rings. The normalized spacial score (nSPS) is 10.6. The van der Waals surface area contributed by atoms with Crippen molar-refractivity contribution in [3.05, 3.63) is 41.5 Å². The van der Waals surface area contributed by atoms with E-state index in [-0.39, 0.29) is 5.82 Å². The second-order valence-electron chi connectivity index (χ2n) is 3.15. The van der Waals surface area contributed by atoms with Gasteiger partial charge in [0.15, 0.2) is 10.3 Å². The molecule has 2 rings (SSSR count). The number of halogens is 4. The van der Waals surface area contributed by atoms with Gasteiger partial charge in [-0.05, 0) is 50.7 Å². The van der Waals surface area contributed by atoms with Gasteiger partial charge in [0.2, 0.25) is 0 Å². The highest BCUT2D eigenvalue weighted by Crippen LogP contribution is 2.29. The zero-order chi connectivity index (χ0) is 12.4. The first-order valence-electron chi connectivity index (χ1n) is 4.55. The van der Waals surface area contributed by atoms with Gasteiger partial charge in [-0.3, -0.25) is 0 Å². The summed E-state index contributed by atoms with van der Waals surface area (Å²) in [6.45, 7) is 0.508. The summed E-state index contributed by atoms with van der Waals surface area (Å²) in [6, 6.07) is 3.53. The van der Waals surface area contributed by atoms with Gasteiger partial charge in [0.1, 0.15) is 0 Å². The highest BCUT2D eigenvalue weighted by Gasteiger charge is 2.10. The molecule has 0 radical (unpaired) electrons. The monoisotopic (exact) mass is 446 g/mol. The van der Waals surface area contributed by atoms with Crippen molar-refractivity contribution in [3.63, 3.8) is 0 Å². The van der Waals surface area contributed by atoms with E-state index in [1.165, 1.54) is 11.3 Å². The molecule has 0 bridgehead atoms. The number of nitrogens with one attached hydrogen (secondary N) is 1. The lowest BCUT2D eigenvalue weighted by Gasteiger charge is -2.09. The quantitative estimate of drug-likeness (QED) is 0.534. The Morgan fingerprint density at radius 1 is 1.53 bits per heavy atom. The van der Waals surface area contributed by atoms with Crippen molar-refractivity contribution in [1.82, 2.24) is 4.98 Å². The number of nitrogens with zero attached hydrogens (tertiary/aromatic N) is 1. The van der Waals surface area contributed by atoms with Gasteiger partial charge in [-0.15, -0.1) is 11.3 Å². The number of rotatable bonds is 3. The van der Waals surface area contributed by atoms with Crippen LogP contribution in [0.4, 0.5) is 10.1 Å². The molecule has 2 nitrogen and oxygen atoms in total. The van der Waals surface area contributed by atoms with E-state index in [4.69, 9.17) is 11.6 Å². The Kier molecular flexibility index (Phi) is 4.62. The fraction of sp³-hybridized carbons (Fsp3) is 0.100. The Morgan fingerprint density at radius 2 is 2.29 bits per heavy atom. The first kappa shape index (κ1) is 13.5. The van der Waals surface area contributed by atoms with Crippen LogP contribution in [0.3, 0.4) is 0 Å². The summed E-state index contributed by atoms with van der Waals surface area (Å²) in [5, 5.41) is 3.05. The lowest BCUT2D eigenvalue weighted by Crippen LogP contribution is -2.02. The third-order valence-electron chi connectivity index (χ3n) is 2.01. The van der Waals surface area contributed by atoms with Gasteiger partial charge in [-0.2, -0.15) is 0 Å². The van der Waals surface area contributed by atoms with Crippen molar-refractivity contribution in [2.45, 2.75) is 6.54 Å². The van der Waals surface area contributed by atoms with Crippen molar-refractivity contribution in [3.8, 4) is 0 Å². The van der Waals surface area contributed by atoms with Crippen LogP contribution in [0.1, 0.15) is 4.88 Å². The van der Waals surface area contributed by atoms with Crippen molar-refractivity contribution in [2.75, 3.05) is 5.32 Å². The number of anilines is 1. The van der Waals surface area contributed by atoms with Gasteiger partial charge >= 0.3 is 0 Å². The lowest BCUT2D eigenvalue weighted by molar-refractivity contribution is 0.622. The molecule has 0 fully saturated rings. The molecule has 1 heterocycles. The summed E-state index contributed by atoms with van der Waals surface area (Å²) in [5.74, 6) is -0.285. The highest BCUT2D eigenvalue weighted by molar-refractivity contribution is 14.1. The molecule has 0 aliphatic rings. The third-order valence-corrected chi connectivity index (χ3v) is 4.63. The van der Waals surface area contributed by atoms with Gasteiger partial charge in [0, 0.05) is 14.6 Å². The summed E-state index contributed by atoms with van der Waals surface area (Å²) in [6.07, 6.45) is 1.68. The molecule has 0 spiro atoms. The highest BCUT2D eigenvalue weighted by atomic mass is 127. The maximum Gasteiger partial charge on any atom is 0.183 e. The molecule has 0 saturated heterocycles. The van der Waals surface area contributed by atoms with Gasteiger partial charge in [-0.1, -0.05) is 11.6 Å². The van der Waals surface area contributed by atoms with Crippen LogP contribution in [0.15, 0.2) is 22.8 Å². The van der Waals surface area contributed by atoms with Crippen molar-refractivity contribution in [2.24, 2.45) is 0 Å². The van der Waals surface area contributed by atoms with Gasteiger partial charge in [-0.25, -0.2) is 9.37 Å². The Balaban J connectivity index is 2.16. The first-order valence-corrected chi connectivity index (χ1v) is 7.62. The van der Waals surface area contributed by atoms with E-state index < -0.39 is 0 Å². The predicted octanol–water partition coefficient (Wildman–Crippen LogP) is 4.91. The molecule has 0 atom stereocenters. The van der Waals surface area contributed by atoms with Gasteiger partial charge < -0.3 is 5.32 Å². The number of hydrogen-bond acceptors (Lipinski definition) is 3. The van der Waals surface area contributed by atoms with Crippen LogP contribution in [0.5, 0.6) is 0 Å². The van der Waals surface area contributed by atoms with E-state index in [1.807, 2.05) is 6.07 Å². The van der Waals surface area contributed by atoms with Crippen LogP contribution >= 0.6 is 61.5 Å². The molecule has 0 aliphatic carbocycles. The van der Waals surface area contributed by atoms with Crippen LogP contribution in [0, 0.1) is 9.39 Å². The summed E-state index contributed by atoms with van der Waals surface area (Å²) in [5.41, 5.74) is 0.490. The number of benzene rings is 1. The third kappa shape index (κ3) is 3.30. The van der Waals surface area contributed by atoms with Crippen LogP contribution < -0.4 is 5.32 Å². The minimum atomic E-state index is -0.285. The summed E-state index contributed by atoms with van der Waals surface area (Å²) in [4.78, 5) is 4.89. The molecule has 1 aromatic heterocycles. The first-order chi connectivity index (χ1) is 8.08. The van der Waals surface area contributed by atoms with Crippen molar-refractivity contribution in [1.29, 1.82) is 0 Å². The average molecular weight is 447 g/mol. The van der Waals surface area contributed by atoms with Crippen molar-refractivity contribution >= 4 is 67.1 Å². The molecule has 1 N–H and O–H groups in total. The SMILES string of the molecule is Fc1c(Br)ccc(I)c1NCc1cnc(Cl)s1. The Morgan fingerprint density at radius 3 is 2.94 bits per heavy atom. The maximum absolute atomic E-state index is 13.8. The molecule has 90 valence electrons. The van der Waals surface area contributed by atoms with E-state index in [0.29, 0.717) is 21.2 Å². The van der Waals surface area contributed by atoms with E-state index in [9.17, 15) is 4.39 Å². The zero-order valence-corrected chi connectivity index (χ0v) is 13.6. The Labute approximate surface area is 129 Å². The fourth-order valence-corrected chi connectivity index (χ4v) is 3.09. The smallest absolute Gasteiger partial charge is 0.183 e. The molecule has 0 saturated carbocycles. The van der Waals surface area contributed by atoms with Crippen LogP contribution in [0.25, 0.3) is 0 Å². The molecule has 0 unspecified atom stereocenters. The topological polar surface area (TPSA) is 24.9 Å².